The van der Waals surface area contributed by atoms with Gasteiger partial charge in [-0.15, -0.1) is 22.7 Å². The van der Waals surface area contributed by atoms with Gasteiger partial charge in [-0.1, -0.05) is 24.3 Å². The van der Waals surface area contributed by atoms with E-state index in [9.17, 15) is 9.59 Å². The second-order valence-electron chi connectivity index (χ2n) is 10.2. The zero-order valence-electron chi connectivity index (χ0n) is 21.3. The van der Waals surface area contributed by atoms with Crippen LogP contribution in [-0.2, 0) is 9.53 Å². The van der Waals surface area contributed by atoms with E-state index in [1.807, 2.05) is 74.0 Å². The molecule has 3 aromatic heterocycles. The summed E-state index contributed by atoms with van der Waals surface area (Å²) < 4.78 is 11.6. The van der Waals surface area contributed by atoms with Crippen LogP contribution in [0.3, 0.4) is 0 Å². The maximum atomic E-state index is 13.4. The summed E-state index contributed by atoms with van der Waals surface area (Å²) in [6.45, 7) is 7.75. The first-order valence-corrected chi connectivity index (χ1v) is 14.3. The number of hydrogen-bond acceptors (Lipinski definition) is 8. The zero-order chi connectivity index (χ0) is 26.0. The average molecular weight is 538 g/mol. The number of carbonyl (C=O) groups is 2. The van der Waals surface area contributed by atoms with Crippen molar-refractivity contribution in [3.05, 3.63) is 58.1 Å². The first-order chi connectivity index (χ1) is 17.8. The van der Waals surface area contributed by atoms with Crippen LogP contribution < -0.4 is 4.90 Å². The summed E-state index contributed by atoms with van der Waals surface area (Å²) in [5, 5.41) is 5.49. The number of carbonyl (C=O) groups excluding carboxylic acids is 2. The van der Waals surface area contributed by atoms with Gasteiger partial charge in [0.25, 0.3) is 5.91 Å². The molecule has 1 fully saturated rings. The second-order valence-corrected chi connectivity index (χ2v) is 12.0. The molecule has 0 N–H and O–H groups in total. The molecule has 1 unspecified atom stereocenters. The molecule has 0 saturated carbocycles. The average Bonchev–Trinajstić information content (AvgIpc) is 3.66. The fraction of sp³-hybridized carbons (Fsp3) is 0.393. The number of benzene rings is 1. The van der Waals surface area contributed by atoms with Crippen LogP contribution in [0, 0.1) is 0 Å². The molecule has 1 aliphatic heterocycles. The number of likely N-dealkylation sites (tertiary alicyclic amines) is 1. The van der Waals surface area contributed by atoms with Crippen LogP contribution >= 0.6 is 22.7 Å². The summed E-state index contributed by atoms with van der Waals surface area (Å²) in [6, 6.07) is 13.3. The van der Waals surface area contributed by atoms with Gasteiger partial charge in [0.2, 0.25) is 0 Å². The molecule has 7 nitrogen and oxygen atoms in total. The summed E-state index contributed by atoms with van der Waals surface area (Å²) in [7, 11) is 0. The Bertz CT molecular complexity index is 1340. The molecule has 0 spiro atoms. The number of rotatable bonds is 8. The Morgan fingerprint density at radius 3 is 2.78 bits per heavy atom. The minimum Gasteiger partial charge on any atom is -0.459 e. The van der Waals surface area contributed by atoms with E-state index in [1.54, 1.807) is 4.90 Å². The lowest BCUT2D eigenvalue weighted by Gasteiger charge is -2.28. The van der Waals surface area contributed by atoms with Crippen LogP contribution in [0.2, 0.25) is 0 Å². The molecule has 194 valence electrons. The maximum absolute atomic E-state index is 13.4. The molecule has 5 rings (SSSR count). The highest BCUT2D eigenvalue weighted by atomic mass is 32.1. The molecule has 4 aromatic rings. The van der Waals surface area contributed by atoms with Gasteiger partial charge in [-0.25, -0.2) is 4.98 Å². The van der Waals surface area contributed by atoms with Crippen molar-refractivity contribution in [2.75, 3.05) is 24.5 Å². The Labute approximate surface area is 224 Å². The highest BCUT2D eigenvalue weighted by molar-refractivity contribution is 7.14. The number of aromatic nitrogens is 1. The third kappa shape index (κ3) is 5.95. The lowest BCUT2D eigenvalue weighted by atomic mass is 10.1. The van der Waals surface area contributed by atoms with Crippen molar-refractivity contribution in [2.45, 2.75) is 51.7 Å². The predicted octanol–water partition coefficient (Wildman–Crippen LogP) is 6.46. The van der Waals surface area contributed by atoms with Gasteiger partial charge < -0.3 is 9.15 Å². The Morgan fingerprint density at radius 2 is 2.03 bits per heavy atom. The van der Waals surface area contributed by atoms with Gasteiger partial charge in [0.1, 0.15) is 22.9 Å². The Hall–Kier alpha value is -3.01. The number of nitrogens with zero attached hydrogens (tertiary/aromatic N) is 3. The number of furan rings is 1. The van der Waals surface area contributed by atoms with Crippen molar-refractivity contribution >= 4 is 50.7 Å². The van der Waals surface area contributed by atoms with Gasteiger partial charge in [0.05, 0.1) is 4.88 Å². The molecule has 0 bridgehead atoms. The standard InChI is InChI=1S/C28H31N3O4S2/c1-28(2,3)35-26(33)21-10-6-13-30(21)14-8-15-31(25(32)24-12-7-16-36-24)27-29-20(18-37-27)23-17-19-9-4-5-11-22(19)34-23/h4-5,7,9,11-12,16-18,21H,6,8,10,13-15H2,1-3H3. The van der Waals surface area contributed by atoms with E-state index in [4.69, 9.17) is 14.1 Å². The van der Waals surface area contributed by atoms with Crippen molar-refractivity contribution in [3.63, 3.8) is 0 Å². The molecular weight excluding hydrogens is 506 g/mol. The topological polar surface area (TPSA) is 75.9 Å². The smallest absolute Gasteiger partial charge is 0.323 e. The number of ether oxygens (including phenoxy) is 1. The van der Waals surface area contributed by atoms with Gasteiger partial charge in [-0.05, 0) is 70.2 Å². The third-order valence-electron chi connectivity index (χ3n) is 6.25. The summed E-state index contributed by atoms with van der Waals surface area (Å²) in [5.74, 6) is 0.460. The minimum absolute atomic E-state index is 0.0642. The second kappa shape index (κ2) is 10.8. The van der Waals surface area contributed by atoms with Gasteiger partial charge >= 0.3 is 5.97 Å². The number of anilines is 1. The number of amides is 1. The molecule has 4 heterocycles. The number of esters is 1. The fourth-order valence-corrected chi connectivity index (χ4v) is 6.10. The van der Waals surface area contributed by atoms with Crippen molar-refractivity contribution in [3.8, 4) is 11.5 Å². The largest absolute Gasteiger partial charge is 0.459 e. The van der Waals surface area contributed by atoms with Crippen LogP contribution in [0.25, 0.3) is 22.4 Å². The first kappa shape index (κ1) is 25.6. The molecule has 9 heteroatoms. The first-order valence-electron chi connectivity index (χ1n) is 12.6. The Balaban J connectivity index is 1.31. The van der Waals surface area contributed by atoms with E-state index in [1.165, 1.54) is 22.7 Å². The Morgan fingerprint density at radius 1 is 1.19 bits per heavy atom. The normalized spacial score (nSPS) is 16.4. The fourth-order valence-electron chi connectivity index (χ4n) is 4.59. The van der Waals surface area contributed by atoms with Gasteiger partial charge in [-0.3, -0.25) is 19.4 Å². The minimum atomic E-state index is -0.502. The summed E-state index contributed by atoms with van der Waals surface area (Å²) in [5.41, 5.74) is 1.02. The van der Waals surface area contributed by atoms with Crippen LogP contribution in [-0.4, -0.2) is 53.0 Å². The molecule has 1 atom stereocenters. The van der Waals surface area contributed by atoms with Crippen molar-refractivity contribution in [1.82, 2.24) is 9.88 Å². The number of thiophene rings is 1. The predicted molar refractivity (Wildman–Crippen MR) is 148 cm³/mol. The van der Waals surface area contributed by atoms with Crippen molar-refractivity contribution in [2.24, 2.45) is 0 Å². The lowest BCUT2D eigenvalue weighted by Crippen LogP contribution is -2.42. The zero-order valence-corrected chi connectivity index (χ0v) is 22.9. The van der Waals surface area contributed by atoms with Crippen LogP contribution in [0.15, 0.2) is 57.6 Å². The van der Waals surface area contributed by atoms with E-state index < -0.39 is 5.60 Å². The summed E-state index contributed by atoms with van der Waals surface area (Å²) in [6.07, 6.45) is 2.49. The number of thiazole rings is 1. The van der Waals surface area contributed by atoms with E-state index in [2.05, 4.69) is 4.90 Å². The molecule has 0 aliphatic carbocycles. The summed E-state index contributed by atoms with van der Waals surface area (Å²) >= 11 is 2.86. The SMILES string of the molecule is CC(C)(C)OC(=O)C1CCCN1CCCN(C(=O)c1cccs1)c1nc(-c2cc3ccccc3o2)cs1. The van der Waals surface area contributed by atoms with Crippen LogP contribution in [0.5, 0.6) is 0 Å². The number of fused-ring (bicyclic) bond motifs is 1. The Kier molecular flexibility index (Phi) is 7.46. The quantitative estimate of drug-likeness (QED) is 0.240. The molecule has 0 radical (unpaired) electrons. The highest BCUT2D eigenvalue weighted by Crippen LogP contribution is 2.32. The van der Waals surface area contributed by atoms with Gasteiger partial charge in [0.15, 0.2) is 10.9 Å². The molecule has 1 aliphatic rings. The third-order valence-corrected chi connectivity index (χ3v) is 7.97. The van der Waals surface area contributed by atoms with Crippen molar-refractivity contribution in [1.29, 1.82) is 0 Å². The number of hydrogen-bond donors (Lipinski definition) is 0. The monoisotopic (exact) mass is 537 g/mol. The number of para-hydroxylation sites is 1. The molecule has 1 amide bonds. The molecule has 1 aromatic carbocycles. The van der Waals surface area contributed by atoms with Gasteiger partial charge in [-0.2, -0.15) is 0 Å². The van der Waals surface area contributed by atoms with E-state index in [0.29, 0.717) is 34.6 Å². The highest BCUT2D eigenvalue weighted by Gasteiger charge is 2.34. The van der Waals surface area contributed by atoms with Crippen LogP contribution in [0.1, 0.15) is 49.7 Å². The lowest BCUT2D eigenvalue weighted by molar-refractivity contribution is -0.160. The van der Waals surface area contributed by atoms with Gasteiger partial charge in [0, 0.05) is 23.9 Å². The molecular formula is C28H31N3O4S2. The van der Waals surface area contributed by atoms with E-state index in [0.717, 1.165) is 36.8 Å². The molecule has 1 saturated heterocycles. The van der Waals surface area contributed by atoms with Crippen molar-refractivity contribution < 1.29 is 18.7 Å². The summed E-state index contributed by atoms with van der Waals surface area (Å²) in [4.78, 5) is 35.6. The van der Waals surface area contributed by atoms with Crippen LogP contribution in [0.4, 0.5) is 5.13 Å². The molecule has 37 heavy (non-hydrogen) atoms. The van der Waals surface area contributed by atoms with E-state index >= 15 is 0 Å². The maximum Gasteiger partial charge on any atom is 0.323 e. The van der Waals surface area contributed by atoms with E-state index in [-0.39, 0.29) is 17.9 Å².